The van der Waals surface area contributed by atoms with Gasteiger partial charge in [-0.05, 0) is 22.5 Å². The largest absolute Gasteiger partial charge is 0.336 e. The molecule has 9 heavy (non-hydrogen) atoms. The highest BCUT2D eigenvalue weighted by Gasteiger charge is 1.93. The van der Waals surface area contributed by atoms with E-state index in [1.807, 2.05) is 0 Å². The smallest absolute Gasteiger partial charge is 0.174 e. The topological polar surface area (TPSA) is 54.7 Å². The standard InChI is InChI=1S/C5H8BrN3/c6-5-8-3-4(9-5)1-2-7/h3H,1-2,7H2,(H,8,9). The van der Waals surface area contributed by atoms with Crippen LogP contribution in [0.4, 0.5) is 0 Å². The average Bonchev–Trinajstić information content (AvgIpc) is 2.17. The van der Waals surface area contributed by atoms with E-state index in [4.69, 9.17) is 5.73 Å². The van der Waals surface area contributed by atoms with Crippen molar-refractivity contribution in [3.63, 3.8) is 0 Å². The van der Waals surface area contributed by atoms with E-state index in [1.54, 1.807) is 6.20 Å². The number of nitrogens with zero attached hydrogens (tertiary/aromatic N) is 1. The number of hydrogen-bond acceptors (Lipinski definition) is 2. The van der Waals surface area contributed by atoms with E-state index in [1.165, 1.54) is 0 Å². The maximum atomic E-state index is 5.31. The van der Waals surface area contributed by atoms with Crippen molar-refractivity contribution in [2.24, 2.45) is 5.73 Å². The number of nitrogens with one attached hydrogen (secondary N) is 1. The Morgan fingerprint density at radius 3 is 3.00 bits per heavy atom. The van der Waals surface area contributed by atoms with Crippen LogP contribution in [0, 0.1) is 0 Å². The maximum Gasteiger partial charge on any atom is 0.174 e. The molecule has 0 bridgehead atoms. The first-order chi connectivity index (χ1) is 4.33. The van der Waals surface area contributed by atoms with Crippen LogP contribution < -0.4 is 5.73 Å². The molecule has 3 N–H and O–H groups in total. The fraction of sp³-hybridized carbons (Fsp3) is 0.400. The van der Waals surface area contributed by atoms with Gasteiger partial charge in [0.2, 0.25) is 0 Å². The summed E-state index contributed by atoms with van der Waals surface area (Å²) in [6, 6.07) is 0. The lowest BCUT2D eigenvalue weighted by atomic mass is 10.3. The molecule has 0 aromatic carbocycles. The number of H-pyrrole nitrogens is 1. The number of rotatable bonds is 2. The van der Waals surface area contributed by atoms with E-state index in [2.05, 4.69) is 25.9 Å². The SMILES string of the molecule is NCCc1cnc(Br)[nH]1. The molecular weight excluding hydrogens is 182 g/mol. The van der Waals surface area contributed by atoms with E-state index < -0.39 is 0 Å². The Bertz CT molecular complexity index is 184. The van der Waals surface area contributed by atoms with Gasteiger partial charge in [-0.25, -0.2) is 4.98 Å². The van der Waals surface area contributed by atoms with Crippen molar-refractivity contribution in [1.82, 2.24) is 9.97 Å². The number of imidazole rings is 1. The molecule has 1 rings (SSSR count). The Kier molecular flexibility index (Phi) is 2.24. The molecule has 0 saturated carbocycles. The number of hydrogen-bond donors (Lipinski definition) is 2. The zero-order valence-corrected chi connectivity index (χ0v) is 6.48. The lowest BCUT2D eigenvalue weighted by Gasteiger charge is -1.87. The minimum atomic E-state index is 0.661. The highest BCUT2D eigenvalue weighted by molar-refractivity contribution is 9.10. The summed E-state index contributed by atoms with van der Waals surface area (Å²) in [4.78, 5) is 6.94. The van der Waals surface area contributed by atoms with Gasteiger partial charge in [0.25, 0.3) is 0 Å². The van der Waals surface area contributed by atoms with Crippen molar-refractivity contribution in [3.8, 4) is 0 Å². The van der Waals surface area contributed by atoms with Gasteiger partial charge >= 0.3 is 0 Å². The zero-order chi connectivity index (χ0) is 6.69. The summed E-state index contributed by atoms with van der Waals surface area (Å²) in [6.45, 7) is 0.661. The van der Waals surface area contributed by atoms with Gasteiger partial charge in [-0.3, -0.25) is 0 Å². The van der Waals surface area contributed by atoms with Crippen LogP contribution in [0.1, 0.15) is 5.69 Å². The van der Waals surface area contributed by atoms with Gasteiger partial charge in [-0.15, -0.1) is 0 Å². The molecule has 0 fully saturated rings. The number of nitrogens with two attached hydrogens (primary N) is 1. The lowest BCUT2D eigenvalue weighted by Crippen LogP contribution is -2.02. The monoisotopic (exact) mass is 189 g/mol. The second-order valence-electron chi connectivity index (χ2n) is 1.74. The summed E-state index contributed by atoms with van der Waals surface area (Å²) in [6.07, 6.45) is 2.63. The molecule has 0 spiro atoms. The van der Waals surface area contributed by atoms with Gasteiger partial charge in [0.05, 0.1) is 0 Å². The lowest BCUT2D eigenvalue weighted by molar-refractivity contribution is 0.932. The van der Waals surface area contributed by atoms with E-state index in [0.29, 0.717) is 6.54 Å². The minimum absolute atomic E-state index is 0.661. The van der Waals surface area contributed by atoms with Crippen LogP contribution in [-0.4, -0.2) is 16.5 Å². The van der Waals surface area contributed by atoms with Gasteiger partial charge < -0.3 is 10.7 Å². The van der Waals surface area contributed by atoms with E-state index in [9.17, 15) is 0 Å². The molecule has 4 heteroatoms. The summed E-state index contributed by atoms with van der Waals surface area (Å²) < 4.78 is 0.769. The minimum Gasteiger partial charge on any atom is -0.336 e. The van der Waals surface area contributed by atoms with Crippen LogP contribution >= 0.6 is 15.9 Å². The third kappa shape index (κ3) is 1.80. The average molecular weight is 190 g/mol. The first kappa shape index (κ1) is 6.77. The van der Waals surface area contributed by atoms with Gasteiger partial charge in [-0.1, -0.05) is 0 Å². The number of aromatic nitrogens is 2. The van der Waals surface area contributed by atoms with Crippen LogP contribution in [0.25, 0.3) is 0 Å². The van der Waals surface area contributed by atoms with E-state index >= 15 is 0 Å². The van der Waals surface area contributed by atoms with Crippen LogP contribution in [0.3, 0.4) is 0 Å². The third-order valence-electron chi connectivity index (χ3n) is 1.01. The Labute approximate surface area is 61.8 Å². The Balaban J connectivity index is 2.61. The van der Waals surface area contributed by atoms with Gasteiger partial charge in [0.1, 0.15) is 0 Å². The second-order valence-corrected chi connectivity index (χ2v) is 2.49. The van der Waals surface area contributed by atoms with Gasteiger partial charge in [0, 0.05) is 18.3 Å². The highest BCUT2D eigenvalue weighted by atomic mass is 79.9. The van der Waals surface area contributed by atoms with Crippen molar-refractivity contribution in [2.75, 3.05) is 6.54 Å². The quantitative estimate of drug-likeness (QED) is 0.720. The predicted octanol–water partition coefficient (Wildman–Crippen LogP) is 0.673. The summed E-state index contributed by atoms with van der Waals surface area (Å²) in [5.41, 5.74) is 6.38. The molecule has 0 saturated heterocycles. The molecule has 0 unspecified atom stereocenters. The highest BCUT2D eigenvalue weighted by Crippen LogP contribution is 2.02. The summed E-state index contributed by atoms with van der Waals surface area (Å²) in [5, 5.41) is 0. The van der Waals surface area contributed by atoms with Crippen molar-refractivity contribution in [1.29, 1.82) is 0 Å². The third-order valence-corrected chi connectivity index (χ3v) is 1.41. The molecule has 3 nitrogen and oxygen atoms in total. The molecule has 1 heterocycles. The Morgan fingerprint density at radius 1 is 1.78 bits per heavy atom. The first-order valence-corrected chi connectivity index (χ1v) is 3.51. The van der Waals surface area contributed by atoms with Crippen molar-refractivity contribution >= 4 is 15.9 Å². The molecule has 0 aliphatic heterocycles. The molecular formula is C5H8BrN3. The van der Waals surface area contributed by atoms with Crippen LogP contribution in [-0.2, 0) is 6.42 Å². The molecule has 0 aliphatic carbocycles. The van der Waals surface area contributed by atoms with Crippen molar-refractivity contribution < 1.29 is 0 Å². The maximum absolute atomic E-state index is 5.31. The van der Waals surface area contributed by atoms with E-state index in [0.717, 1.165) is 16.8 Å². The molecule has 0 amide bonds. The molecule has 0 radical (unpaired) electrons. The second kappa shape index (κ2) is 2.98. The molecule has 50 valence electrons. The Morgan fingerprint density at radius 2 is 2.56 bits per heavy atom. The summed E-state index contributed by atoms with van der Waals surface area (Å²) >= 11 is 3.19. The summed E-state index contributed by atoms with van der Waals surface area (Å²) in [7, 11) is 0. The van der Waals surface area contributed by atoms with E-state index in [-0.39, 0.29) is 0 Å². The molecule has 0 aliphatic rings. The van der Waals surface area contributed by atoms with Crippen molar-refractivity contribution in [2.45, 2.75) is 6.42 Å². The van der Waals surface area contributed by atoms with Gasteiger partial charge in [-0.2, -0.15) is 0 Å². The van der Waals surface area contributed by atoms with Crippen molar-refractivity contribution in [3.05, 3.63) is 16.6 Å². The first-order valence-electron chi connectivity index (χ1n) is 2.72. The number of halogens is 1. The molecule has 0 atom stereocenters. The van der Waals surface area contributed by atoms with Gasteiger partial charge in [0.15, 0.2) is 4.73 Å². The molecule has 1 aromatic rings. The normalized spacial score (nSPS) is 10.0. The number of aromatic amines is 1. The zero-order valence-electron chi connectivity index (χ0n) is 4.89. The van der Waals surface area contributed by atoms with Crippen LogP contribution in [0.5, 0.6) is 0 Å². The summed E-state index contributed by atoms with van der Waals surface area (Å²) in [5.74, 6) is 0. The fourth-order valence-corrected chi connectivity index (χ4v) is 0.971. The predicted molar refractivity (Wildman–Crippen MR) is 39.0 cm³/mol. The molecule has 1 aromatic heterocycles. The van der Waals surface area contributed by atoms with Crippen LogP contribution in [0.2, 0.25) is 0 Å². The Hall–Kier alpha value is -0.350. The fourth-order valence-electron chi connectivity index (χ4n) is 0.614. The van der Waals surface area contributed by atoms with Crippen LogP contribution in [0.15, 0.2) is 10.9 Å².